The summed E-state index contributed by atoms with van der Waals surface area (Å²) < 4.78 is 32.9. The van der Waals surface area contributed by atoms with Crippen LogP contribution in [0.4, 0.5) is 14.5 Å². The molecule has 1 saturated heterocycles. The third-order valence-electron chi connectivity index (χ3n) is 4.94. The molecule has 3 aromatic rings. The molecule has 10 heteroatoms. The average Bonchev–Trinajstić information content (AvgIpc) is 3.23. The molecule has 0 bridgehead atoms. The van der Waals surface area contributed by atoms with E-state index in [0.29, 0.717) is 16.6 Å². The van der Waals surface area contributed by atoms with Crippen LogP contribution < -0.4 is 10.0 Å². The highest BCUT2D eigenvalue weighted by Crippen LogP contribution is 2.37. The highest BCUT2D eigenvalue weighted by Gasteiger charge is 2.33. The van der Waals surface area contributed by atoms with Crippen molar-refractivity contribution in [2.75, 3.05) is 12.4 Å². The second-order valence-electron chi connectivity index (χ2n) is 7.04. The van der Waals surface area contributed by atoms with E-state index in [9.17, 15) is 13.6 Å². The van der Waals surface area contributed by atoms with Crippen molar-refractivity contribution in [2.24, 2.45) is 0 Å². The predicted molar refractivity (Wildman–Crippen MR) is 127 cm³/mol. The maximum Gasteiger partial charge on any atom is 0.242 e. The van der Waals surface area contributed by atoms with E-state index in [0.717, 1.165) is 16.0 Å². The smallest absolute Gasteiger partial charge is 0.242 e. The minimum atomic E-state index is -0.534. The number of hydrogen-bond donors (Lipinski definition) is 2. The lowest BCUT2D eigenvalue weighted by Crippen LogP contribution is -2.45. The molecule has 1 aromatic heterocycles. The zero-order chi connectivity index (χ0) is 22.1. The van der Waals surface area contributed by atoms with Crippen LogP contribution in [0.2, 0.25) is 5.02 Å². The molecule has 162 valence electrons. The quantitative estimate of drug-likeness (QED) is 0.361. The number of hydrogen-bond acceptors (Lipinski definition) is 5. The van der Waals surface area contributed by atoms with Crippen molar-refractivity contribution in [3.8, 4) is 11.1 Å². The summed E-state index contributed by atoms with van der Waals surface area (Å²) in [6, 6.07) is 10.7. The zero-order valence-electron chi connectivity index (χ0n) is 16.2. The van der Waals surface area contributed by atoms with Gasteiger partial charge in [-0.1, -0.05) is 17.7 Å². The Morgan fingerprint density at radius 2 is 2.00 bits per heavy atom. The van der Waals surface area contributed by atoms with Crippen molar-refractivity contribution in [3.05, 3.63) is 73.9 Å². The standard InChI is InChI=1S/C21H17BrClF2N3OS2/c1-28-19(21(29)26-13-3-5-16(24)15(23)8-13)9-18(27-31-28)20-7-12(10-30-20)11-2-4-14(22)17(25)6-11/h2-8,10,18-19,27H,9H2,1H3,(H,26,29). The highest BCUT2D eigenvalue weighted by atomic mass is 79.9. The Hall–Kier alpha value is -1.49. The maximum absolute atomic E-state index is 13.9. The molecule has 2 N–H and O–H groups in total. The minimum Gasteiger partial charge on any atom is -0.325 e. The molecule has 2 heterocycles. The molecule has 1 aliphatic rings. The van der Waals surface area contributed by atoms with Gasteiger partial charge >= 0.3 is 0 Å². The van der Waals surface area contributed by atoms with Crippen molar-refractivity contribution in [1.82, 2.24) is 9.03 Å². The Kier molecular flexibility index (Phi) is 7.00. The molecule has 4 nitrogen and oxygen atoms in total. The number of carbonyl (C=O) groups excluding carboxylic acids is 1. The van der Waals surface area contributed by atoms with Crippen LogP contribution in [-0.2, 0) is 4.79 Å². The van der Waals surface area contributed by atoms with E-state index in [4.69, 9.17) is 11.6 Å². The molecule has 2 aromatic carbocycles. The fourth-order valence-electron chi connectivity index (χ4n) is 3.24. The normalized spacial score (nSPS) is 19.4. The second kappa shape index (κ2) is 9.56. The van der Waals surface area contributed by atoms with Crippen molar-refractivity contribution in [3.63, 3.8) is 0 Å². The van der Waals surface area contributed by atoms with E-state index >= 15 is 0 Å². The summed E-state index contributed by atoms with van der Waals surface area (Å²) >= 11 is 11.9. The fourth-order valence-corrected chi connectivity index (χ4v) is 5.55. The summed E-state index contributed by atoms with van der Waals surface area (Å²) in [5.41, 5.74) is 2.17. The van der Waals surface area contributed by atoms with Gasteiger partial charge in [0, 0.05) is 22.7 Å². The first-order valence-corrected chi connectivity index (χ1v) is 12.1. The molecular formula is C21H17BrClF2N3OS2. The number of nitrogens with one attached hydrogen (secondary N) is 2. The van der Waals surface area contributed by atoms with E-state index in [-0.39, 0.29) is 22.8 Å². The van der Waals surface area contributed by atoms with Crippen LogP contribution in [0.1, 0.15) is 17.3 Å². The maximum atomic E-state index is 13.9. The number of anilines is 1. The highest BCUT2D eigenvalue weighted by molar-refractivity contribution is 9.10. The first-order valence-electron chi connectivity index (χ1n) is 9.27. The monoisotopic (exact) mass is 543 g/mol. The van der Waals surface area contributed by atoms with Crippen LogP contribution in [0.15, 0.2) is 52.3 Å². The van der Waals surface area contributed by atoms with Gasteiger partial charge < -0.3 is 5.32 Å². The molecule has 0 radical (unpaired) electrons. The van der Waals surface area contributed by atoms with Gasteiger partial charge in [-0.25, -0.2) is 17.8 Å². The van der Waals surface area contributed by atoms with E-state index in [1.807, 2.05) is 28.9 Å². The Balaban J connectivity index is 1.48. The minimum absolute atomic E-state index is 0.0424. The Labute approximate surface area is 200 Å². The van der Waals surface area contributed by atoms with Crippen LogP contribution in [0, 0.1) is 11.6 Å². The van der Waals surface area contributed by atoms with E-state index in [1.165, 1.54) is 36.4 Å². The fraction of sp³-hybridized carbons (Fsp3) is 0.190. The van der Waals surface area contributed by atoms with Gasteiger partial charge in [0.1, 0.15) is 17.7 Å². The Morgan fingerprint density at radius 3 is 2.74 bits per heavy atom. The summed E-state index contributed by atoms with van der Waals surface area (Å²) in [7, 11) is 1.83. The van der Waals surface area contributed by atoms with E-state index in [2.05, 4.69) is 26.0 Å². The van der Waals surface area contributed by atoms with Crippen molar-refractivity contribution in [2.45, 2.75) is 18.5 Å². The first kappa shape index (κ1) is 22.7. The Morgan fingerprint density at radius 1 is 1.19 bits per heavy atom. The number of thiophene rings is 1. The van der Waals surface area contributed by atoms with Crippen molar-refractivity contribution >= 4 is 62.6 Å². The number of benzene rings is 2. The number of carbonyl (C=O) groups is 1. The summed E-state index contributed by atoms with van der Waals surface area (Å²) in [6.07, 6.45) is 0.541. The molecule has 0 spiro atoms. The van der Waals surface area contributed by atoms with E-state index in [1.54, 1.807) is 17.4 Å². The van der Waals surface area contributed by atoms with Gasteiger partial charge in [0.05, 0.1) is 15.5 Å². The summed E-state index contributed by atoms with van der Waals surface area (Å²) in [4.78, 5) is 13.9. The Bertz CT molecular complexity index is 1130. The lowest BCUT2D eigenvalue weighted by molar-refractivity contribution is -0.119. The van der Waals surface area contributed by atoms with Gasteiger partial charge in [0.15, 0.2) is 0 Å². The molecule has 2 unspecified atom stereocenters. The molecule has 1 fully saturated rings. The average molecular weight is 545 g/mol. The van der Waals surface area contributed by atoms with Crippen LogP contribution in [0.25, 0.3) is 11.1 Å². The van der Waals surface area contributed by atoms with Gasteiger partial charge in [0.25, 0.3) is 0 Å². The molecular weight excluding hydrogens is 528 g/mol. The summed E-state index contributed by atoms with van der Waals surface area (Å²) in [5.74, 6) is -1.04. The number of rotatable bonds is 4. The van der Waals surface area contributed by atoms with Crippen LogP contribution >= 0.6 is 51.0 Å². The van der Waals surface area contributed by atoms with Gasteiger partial charge in [-0.3, -0.25) is 4.79 Å². The number of halogens is 4. The third kappa shape index (κ3) is 5.13. The van der Waals surface area contributed by atoms with Gasteiger partial charge in [-0.2, -0.15) is 0 Å². The SMILES string of the molecule is CN1SNC(c2cc(-c3ccc(Br)c(F)c3)cs2)CC1C(=O)Nc1ccc(F)c(Cl)c1. The largest absolute Gasteiger partial charge is 0.325 e. The molecule has 0 aliphatic carbocycles. The topological polar surface area (TPSA) is 44.4 Å². The lowest BCUT2D eigenvalue weighted by atomic mass is 10.0. The number of amides is 1. The summed E-state index contributed by atoms with van der Waals surface area (Å²) in [5, 5.41) is 4.75. The second-order valence-corrected chi connectivity index (χ2v) is 10.2. The zero-order valence-corrected chi connectivity index (χ0v) is 20.1. The molecule has 31 heavy (non-hydrogen) atoms. The van der Waals surface area contributed by atoms with Crippen LogP contribution in [-0.4, -0.2) is 23.3 Å². The lowest BCUT2D eigenvalue weighted by Gasteiger charge is -2.35. The number of likely N-dealkylation sites (N-methyl/N-ethyl adjacent to an activating group) is 1. The first-order chi connectivity index (χ1) is 14.8. The van der Waals surface area contributed by atoms with Gasteiger partial charge in [0.2, 0.25) is 5.91 Å². The number of nitrogens with zero attached hydrogens (tertiary/aromatic N) is 1. The van der Waals surface area contributed by atoms with E-state index < -0.39 is 11.9 Å². The van der Waals surface area contributed by atoms with Gasteiger partial charge in [-0.15, -0.1) is 11.3 Å². The van der Waals surface area contributed by atoms with Gasteiger partial charge in [-0.05, 0) is 82.3 Å². The molecule has 1 aliphatic heterocycles. The molecule has 4 rings (SSSR count). The third-order valence-corrected chi connectivity index (χ3v) is 7.85. The van der Waals surface area contributed by atoms with Crippen LogP contribution in [0.5, 0.6) is 0 Å². The molecule has 2 atom stereocenters. The summed E-state index contributed by atoms with van der Waals surface area (Å²) in [6.45, 7) is 0. The van der Waals surface area contributed by atoms with Crippen molar-refractivity contribution in [1.29, 1.82) is 0 Å². The molecule has 0 saturated carbocycles. The molecule has 1 amide bonds. The van der Waals surface area contributed by atoms with Crippen LogP contribution in [0.3, 0.4) is 0 Å². The van der Waals surface area contributed by atoms with Crippen molar-refractivity contribution < 1.29 is 13.6 Å². The predicted octanol–water partition coefficient (Wildman–Crippen LogP) is 6.65.